The lowest BCUT2D eigenvalue weighted by molar-refractivity contribution is -0.131. The van der Waals surface area contributed by atoms with Crippen LogP contribution in [0.2, 0.25) is 0 Å². The van der Waals surface area contributed by atoms with E-state index in [0.717, 1.165) is 96.7 Å². The molecule has 0 aliphatic carbocycles. The van der Waals surface area contributed by atoms with Crippen LogP contribution in [0.4, 0.5) is 0 Å². The number of imidazole rings is 1. The van der Waals surface area contributed by atoms with E-state index in [1.54, 1.807) is 26.0 Å². The molecule has 6 nitrogen and oxygen atoms in total. The lowest BCUT2D eigenvalue weighted by Crippen LogP contribution is -2.32. The first-order valence-electron chi connectivity index (χ1n) is 13.9. The van der Waals surface area contributed by atoms with Crippen LogP contribution in [0, 0.1) is 0 Å². The molecule has 3 rings (SSSR count). The number of rotatable bonds is 16. The summed E-state index contributed by atoms with van der Waals surface area (Å²) in [5.41, 5.74) is 4.26. The summed E-state index contributed by atoms with van der Waals surface area (Å²) < 4.78 is 13.1. The summed E-state index contributed by atoms with van der Waals surface area (Å²) in [5, 5.41) is 1.02. The van der Waals surface area contributed by atoms with Gasteiger partial charge in [0.1, 0.15) is 11.5 Å². The van der Waals surface area contributed by atoms with Gasteiger partial charge >= 0.3 is 0 Å². The fourth-order valence-electron chi connectivity index (χ4n) is 4.57. The Morgan fingerprint density at radius 2 is 1.42 bits per heavy atom. The van der Waals surface area contributed by atoms with E-state index in [1.807, 2.05) is 29.2 Å². The van der Waals surface area contributed by atoms with Gasteiger partial charge in [0.25, 0.3) is 0 Å². The Morgan fingerprint density at radius 1 is 0.842 bits per heavy atom. The Kier molecular flexibility index (Phi) is 12.1. The maximum Gasteiger partial charge on any atom is 0.222 e. The molecular weight excluding hydrogens is 494 g/mol. The molecule has 38 heavy (non-hydrogen) atoms. The van der Waals surface area contributed by atoms with Gasteiger partial charge in [-0.25, -0.2) is 4.98 Å². The number of thioether (sulfide) groups is 1. The molecule has 0 N–H and O–H groups in total. The Hall–Kier alpha value is -2.93. The number of aromatic nitrogens is 2. The normalized spacial score (nSPS) is 11.0. The van der Waals surface area contributed by atoms with Crippen LogP contribution in [0.5, 0.6) is 11.5 Å². The number of nitrogens with zero attached hydrogens (tertiary/aromatic N) is 3. The lowest BCUT2D eigenvalue weighted by atomic mass is 10.0. The fourth-order valence-corrected chi connectivity index (χ4v) is 5.59. The first-order chi connectivity index (χ1) is 18.6. The van der Waals surface area contributed by atoms with Crippen LogP contribution < -0.4 is 9.47 Å². The van der Waals surface area contributed by atoms with E-state index in [1.165, 1.54) is 0 Å². The predicted molar refractivity (Wildman–Crippen MR) is 158 cm³/mol. The van der Waals surface area contributed by atoms with E-state index in [4.69, 9.17) is 14.5 Å². The van der Waals surface area contributed by atoms with E-state index in [2.05, 4.69) is 49.6 Å². The molecule has 0 unspecified atom stereocenters. The number of unbranched alkanes of at least 4 members (excludes halogenated alkanes) is 1. The second-order valence-corrected chi connectivity index (χ2v) is 10.4. The summed E-state index contributed by atoms with van der Waals surface area (Å²) in [7, 11) is 3.37. The molecule has 0 atom stereocenters. The molecule has 3 aromatic rings. The number of benzene rings is 2. The Balaban J connectivity index is 1.81. The number of hydrogen-bond acceptors (Lipinski definition) is 5. The van der Waals surface area contributed by atoms with Crippen molar-refractivity contribution in [3.8, 4) is 34.0 Å². The molecule has 1 heterocycles. The van der Waals surface area contributed by atoms with Gasteiger partial charge in [-0.2, -0.15) is 0 Å². The van der Waals surface area contributed by atoms with E-state index in [-0.39, 0.29) is 5.91 Å². The smallest absolute Gasteiger partial charge is 0.222 e. The molecule has 206 valence electrons. The van der Waals surface area contributed by atoms with Gasteiger partial charge in [0.05, 0.1) is 25.6 Å². The minimum atomic E-state index is 0.287. The molecule has 1 aromatic heterocycles. The van der Waals surface area contributed by atoms with Crippen molar-refractivity contribution < 1.29 is 14.3 Å². The van der Waals surface area contributed by atoms with E-state index in [9.17, 15) is 4.79 Å². The van der Waals surface area contributed by atoms with Gasteiger partial charge in [0.2, 0.25) is 5.91 Å². The molecule has 0 bridgehead atoms. The zero-order valence-electron chi connectivity index (χ0n) is 23.7. The molecule has 0 radical (unpaired) electrons. The third kappa shape index (κ3) is 7.79. The van der Waals surface area contributed by atoms with Crippen LogP contribution in [0.1, 0.15) is 59.3 Å². The molecule has 0 aliphatic rings. The Morgan fingerprint density at radius 3 is 1.95 bits per heavy atom. The standard InChI is InChI=1S/C31H43N3O3S/c1-6-20-33(21-7-2)28(35)11-9-10-23-38-31-32-29(24-12-16-26(36-4)17-13-24)30(34(31)22-8-3)25-14-18-27(37-5)19-15-25/h12-19H,6-11,20-23H2,1-5H3. The van der Waals surface area contributed by atoms with Crippen molar-refractivity contribution in [2.24, 2.45) is 0 Å². The zero-order valence-corrected chi connectivity index (χ0v) is 24.5. The van der Waals surface area contributed by atoms with Gasteiger partial charge in [-0.1, -0.05) is 32.5 Å². The van der Waals surface area contributed by atoms with Gasteiger partial charge in [0, 0.05) is 42.9 Å². The third-order valence-electron chi connectivity index (χ3n) is 6.46. The maximum atomic E-state index is 12.6. The predicted octanol–water partition coefficient (Wildman–Crippen LogP) is 7.56. The summed E-state index contributed by atoms with van der Waals surface area (Å²) >= 11 is 1.78. The SMILES string of the molecule is CCCN(CCC)C(=O)CCCCSc1nc(-c2ccc(OC)cc2)c(-c2ccc(OC)cc2)n1CCC. The number of amides is 1. The highest BCUT2D eigenvalue weighted by Crippen LogP contribution is 2.37. The van der Waals surface area contributed by atoms with Crippen LogP contribution in [0.15, 0.2) is 53.7 Å². The van der Waals surface area contributed by atoms with Gasteiger partial charge in [-0.05, 0) is 80.6 Å². The minimum Gasteiger partial charge on any atom is -0.497 e. The maximum absolute atomic E-state index is 12.6. The van der Waals surface area contributed by atoms with Crippen molar-refractivity contribution in [1.29, 1.82) is 0 Å². The molecular formula is C31H43N3O3S. The second-order valence-electron chi connectivity index (χ2n) is 9.39. The number of carbonyl (C=O) groups excluding carboxylic acids is 1. The second kappa shape index (κ2) is 15.5. The fraction of sp³-hybridized carbons (Fsp3) is 0.484. The molecule has 1 amide bonds. The molecule has 0 saturated carbocycles. The van der Waals surface area contributed by atoms with Crippen molar-refractivity contribution in [3.05, 3.63) is 48.5 Å². The topological polar surface area (TPSA) is 56.6 Å². The van der Waals surface area contributed by atoms with Crippen LogP contribution in [0.3, 0.4) is 0 Å². The van der Waals surface area contributed by atoms with Gasteiger partial charge in [-0.15, -0.1) is 0 Å². The number of ether oxygens (including phenoxy) is 2. The van der Waals surface area contributed by atoms with Gasteiger partial charge in [-0.3, -0.25) is 4.79 Å². The van der Waals surface area contributed by atoms with Crippen molar-refractivity contribution >= 4 is 17.7 Å². The van der Waals surface area contributed by atoms with Crippen molar-refractivity contribution in [2.45, 2.75) is 71.0 Å². The largest absolute Gasteiger partial charge is 0.497 e. The monoisotopic (exact) mass is 537 g/mol. The average molecular weight is 538 g/mol. The van der Waals surface area contributed by atoms with Crippen LogP contribution >= 0.6 is 11.8 Å². The van der Waals surface area contributed by atoms with Gasteiger partial charge in [0.15, 0.2) is 5.16 Å². The number of methoxy groups -OCH3 is 2. The molecule has 2 aromatic carbocycles. The highest BCUT2D eigenvalue weighted by molar-refractivity contribution is 7.99. The number of hydrogen-bond donors (Lipinski definition) is 0. The van der Waals surface area contributed by atoms with Crippen molar-refractivity contribution in [1.82, 2.24) is 14.5 Å². The molecule has 0 saturated heterocycles. The quantitative estimate of drug-likeness (QED) is 0.139. The summed E-state index contributed by atoms with van der Waals surface area (Å²) in [5.74, 6) is 2.88. The third-order valence-corrected chi connectivity index (χ3v) is 7.53. The van der Waals surface area contributed by atoms with Crippen molar-refractivity contribution in [3.63, 3.8) is 0 Å². The van der Waals surface area contributed by atoms with Crippen LogP contribution in [0.25, 0.3) is 22.5 Å². The average Bonchev–Trinajstić information content (AvgIpc) is 3.30. The highest BCUT2D eigenvalue weighted by Gasteiger charge is 2.20. The Bertz CT molecular complexity index is 1120. The van der Waals surface area contributed by atoms with E-state index < -0.39 is 0 Å². The summed E-state index contributed by atoms with van der Waals surface area (Å²) in [6.45, 7) is 9.06. The first-order valence-corrected chi connectivity index (χ1v) is 14.8. The van der Waals surface area contributed by atoms with E-state index in [0.29, 0.717) is 6.42 Å². The minimum absolute atomic E-state index is 0.287. The first kappa shape index (κ1) is 29.6. The van der Waals surface area contributed by atoms with Crippen LogP contribution in [-0.4, -0.2) is 53.4 Å². The van der Waals surface area contributed by atoms with E-state index >= 15 is 0 Å². The Labute approximate surface area is 232 Å². The molecule has 0 spiro atoms. The highest BCUT2D eigenvalue weighted by atomic mass is 32.2. The lowest BCUT2D eigenvalue weighted by Gasteiger charge is -2.21. The molecule has 0 aliphatic heterocycles. The summed E-state index contributed by atoms with van der Waals surface area (Å²) in [6.07, 6.45) is 5.54. The van der Waals surface area contributed by atoms with Crippen molar-refractivity contribution in [2.75, 3.05) is 33.1 Å². The summed E-state index contributed by atoms with van der Waals surface area (Å²) in [6, 6.07) is 16.3. The summed E-state index contributed by atoms with van der Waals surface area (Å²) in [4.78, 5) is 19.8. The number of carbonyl (C=O) groups is 1. The molecule has 0 fully saturated rings. The molecule has 7 heteroatoms. The zero-order chi connectivity index (χ0) is 27.3. The van der Waals surface area contributed by atoms with Crippen LogP contribution in [-0.2, 0) is 11.3 Å². The van der Waals surface area contributed by atoms with Gasteiger partial charge < -0.3 is 18.9 Å².